The maximum absolute atomic E-state index is 4.37. The molecule has 1 aromatic heterocycles. The summed E-state index contributed by atoms with van der Waals surface area (Å²) >= 11 is 0. The lowest BCUT2D eigenvalue weighted by molar-refractivity contribution is 0.224. The first-order chi connectivity index (χ1) is 8.57. The maximum atomic E-state index is 4.37. The molecule has 1 saturated heterocycles. The van der Waals surface area contributed by atoms with E-state index in [2.05, 4.69) is 47.2 Å². The highest BCUT2D eigenvalue weighted by molar-refractivity contribution is 5.04. The molecule has 1 fully saturated rings. The topological polar surface area (TPSA) is 31.4 Å². The molecule has 1 N–H and O–H groups in total. The minimum atomic E-state index is 0.123. The van der Waals surface area contributed by atoms with Crippen molar-refractivity contribution in [3.05, 3.63) is 30.1 Å². The largest absolute Gasteiger partial charge is 0.303 e. The number of hydrogen-bond donors (Lipinski definition) is 1. The minimum Gasteiger partial charge on any atom is -0.303 e. The quantitative estimate of drug-likeness (QED) is 0.858. The van der Waals surface area contributed by atoms with E-state index in [9.17, 15) is 0 Å². The van der Waals surface area contributed by atoms with Crippen molar-refractivity contribution in [2.45, 2.75) is 19.0 Å². The zero-order valence-electron chi connectivity index (χ0n) is 11.7. The average Bonchev–Trinajstić information content (AvgIpc) is 2.47. The van der Waals surface area contributed by atoms with Crippen LogP contribution in [0.5, 0.6) is 0 Å². The maximum Gasteiger partial charge on any atom is 0.0541 e. The Balaban J connectivity index is 1.97. The summed E-state index contributed by atoms with van der Waals surface area (Å²) in [6.45, 7) is 7.55. The summed E-state index contributed by atoms with van der Waals surface area (Å²) in [5.41, 5.74) is 1.23. The Bertz CT molecular complexity index is 353. The first-order valence-corrected chi connectivity index (χ1v) is 6.59. The van der Waals surface area contributed by atoms with E-state index in [0.717, 1.165) is 38.4 Å². The van der Waals surface area contributed by atoms with Gasteiger partial charge in [-0.2, -0.15) is 0 Å². The molecule has 0 radical (unpaired) electrons. The summed E-state index contributed by atoms with van der Waals surface area (Å²) in [6, 6.07) is 6.07. The van der Waals surface area contributed by atoms with E-state index in [0.29, 0.717) is 0 Å². The molecule has 1 aliphatic heterocycles. The van der Waals surface area contributed by atoms with Crippen LogP contribution in [0.4, 0.5) is 0 Å². The molecule has 0 bridgehead atoms. The molecule has 0 amide bonds. The molecule has 100 valence electrons. The van der Waals surface area contributed by atoms with Crippen molar-refractivity contribution in [3.63, 3.8) is 0 Å². The Hall–Kier alpha value is -0.970. The van der Waals surface area contributed by atoms with Gasteiger partial charge in [0.25, 0.3) is 0 Å². The fraction of sp³-hybridized carbons (Fsp3) is 0.643. The molecule has 4 nitrogen and oxygen atoms in total. The molecule has 1 aromatic rings. The van der Waals surface area contributed by atoms with Crippen molar-refractivity contribution in [2.75, 3.05) is 40.3 Å². The number of pyridine rings is 1. The third kappa shape index (κ3) is 3.77. The van der Waals surface area contributed by atoms with Gasteiger partial charge < -0.3 is 15.1 Å². The van der Waals surface area contributed by atoms with Crippen molar-refractivity contribution >= 4 is 0 Å². The number of nitrogens with zero attached hydrogens (tertiary/aromatic N) is 3. The summed E-state index contributed by atoms with van der Waals surface area (Å²) < 4.78 is 0. The smallest absolute Gasteiger partial charge is 0.0541 e. The first kappa shape index (κ1) is 13.5. The van der Waals surface area contributed by atoms with E-state index in [1.807, 2.05) is 18.3 Å². The van der Waals surface area contributed by atoms with Crippen LogP contribution in [0.2, 0.25) is 0 Å². The zero-order valence-corrected chi connectivity index (χ0v) is 11.7. The van der Waals surface area contributed by atoms with Crippen molar-refractivity contribution < 1.29 is 0 Å². The lowest BCUT2D eigenvalue weighted by Crippen LogP contribution is -2.53. The number of hydrogen-bond acceptors (Lipinski definition) is 4. The molecular weight excluding hydrogens is 224 g/mol. The van der Waals surface area contributed by atoms with Gasteiger partial charge in [0, 0.05) is 44.5 Å². The molecule has 0 aromatic carbocycles. The Morgan fingerprint density at radius 2 is 1.89 bits per heavy atom. The molecule has 4 heteroatoms. The molecule has 2 rings (SSSR count). The van der Waals surface area contributed by atoms with Crippen LogP contribution in [0.15, 0.2) is 24.4 Å². The fourth-order valence-electron chi connectivity index (χ4n) is 2.66. The number of nitrogens with one attached hydrogen (secondary N) is 1. The molecule has 0 unspecified atom stereocenters. The molecule has 1 aliphatic rings. The van der Waals surface area contributed by atoms with Crippen molar-refractivity contribution in [1.29, 1.82) is 0 Å². The van der Waals surface area contributed by atoms with E-state index >= 15 is 0 Å². The lowest BCUT2D eigenvalue weighted by atomic mass is 10.0. The molecular formula is C14H24N4. The van der Waals surface area contributed by atoms with Crippen molar-refractivity contribution in [1.82, 2.24) is 20.1 Å². The van der Waals surface area contributed by atoms with Crippen LogP contribution in [-0.4, -0.2) is 60.6 Å². The number of aromatic nitrogens is 1. The highest BCUT2D eigenvalue weighted by Gasteiger charge is 2.29. The fourth-order valence-corrected chi connectivity index (χ4v) is 2.66. The van der Waals surface area contributed by atoms with Crippen LogP contribution in [0.3, 0.4) is 0 Å². The monoisotopic (exact) mass is 248 g/mol. The Kier molecular flexibility index (Phi) is 4.32. The third-order valence-corrected chi connectivity index (χ3v) is 3.52. The molecule has 0 saturated carbocycles. The summed E-state index contributed by atoms with van der Waals surface area (Å²) in [7, 11) is 4.39. The van der Waals surface area contributed by atoms with E-state index < -0.39 is 0 Å². The van der Waals surface area contributed by atoms with E-state index in [-0.39, 0.29) is 5.54 Å². The number of likely N-dealkylation sites (N-methyl/N-ethyl adjacent to an activating group) is 2. The van der Waals surface area contributed by atoms with Gasteiger partial charge in [-0.25, -0.2) is 0 Å². The predicted molar refractivity (Wildman–Crippen MR) is 74.5 cm³/mol. The van der Waals surface area contributed by atoms with E-state index in [4.69, 9.17) is 0 Å². The third-order valence-electron chi connectivity index (χ3n) is 3.52. The van der Waals surface area contributed by atoms with Crippen LogP contribution in [0.25, 0.3) is 0 Å². The van der Waals surface area contributed by atoms with Gasteiger partial charge in [-0.3, -0.25) is 4.98 Å². The van der Waals surface area contributed by atoms with Gasteiger partial charge in [0.15, 0.2) is 0 Å². The van der Waals surface area contributed by atoms with Gasteiger partial charge in [0.1, 0.15) is 0 Å². The Labute approximate surface area is 110 Å². The lowest BCUT2D eigenvalue weighted by Gasteiger charge is -2.34. The van der Waals surface area contributed by atoms with E-state index in [1.165, 1.54) is 0 Å². The van der Waals surface area contributed by atoms with Crippen LogP contribution in [0.1, 0.15) is 12.6 Å². The Morgan fingerprint density at radius 3 is 2.44 bits per heavy atom. The summed E-state index contributed by atoms with van der Waals surface area (Å²) in [6.07, 6.45) is 1.85. The zero-order chi connectivity index (χ0) is 13.0. The van der Waals surface area contributed by atoms with Gasteiger partial charge >= 0.3 is 0 Å². The summed E-state index contributed by atoms with van der Waals surface area (Å²) in [4.78, 5) is 9.16. The SMILES string of the molecule is CN1CCN(C)CC(C)(NCc2ccccn2)C1. The van der Waals surface area contributed by atoms with Gasteiger partial charge in [-0.05, 0) is 33.2 Å². The molecule has 0 aliphatic carbocycles. The summed E-state index contributed by atoms with van der Waals surface area (Å²) in [5.74, 6) is 0. The second kappa shape index (κ2) is 5.78. The average molecular weight is 248 g/mol. The van der Waals surface area contributed by atoms with Crippen LogP contribution in [-0.2, 0) is 6.54 Å². The van der Waals surface area contributed by atoms with Crippen molar-refractivity contribution in [2.24, 2.45) is 0 Å². The van der Waals surface area contributed by atoms with Crippen LogP contribution >= 0.6 is 0 Å². The highest BCUT2D eigenvalue weighted by atomic mass is 15.2. The van der Waals surface area contributed by atoms with Crippen molar-refractivity contribution in [3.8, 4) is 0 Å². The van der Waals surface area contributed by atoms with Gasteiger partial charge in [0.05, 0.1) is 5.69 Å². The van der Waals surface area contributed by atoms with Crippen LogP contribution < -0.4 is 5.32 Å². The molecule has 18 heavy (non-hydrogen) atoms. The molecule has 2 heterocycles. The van der Waals surface area contributed by atoms with Gasteiger partial charge in [-0.1, -0.05) is 6.07 Å². The van der Waals surface area contributed by atoms with Gasteiger partial charge in [-0.15, -0.1) is 0 Å². The van der Waals surface area contributed by atoms with Crippen LogP contribution in [0, 0.1) is 0 Å². The first-order valence-electron chi connectivity index (χ1n) is 6.59. The molecule has 0 spiro atoms. The summed E-state index contributed by atoms with van der Waals surface area (Å²) in [5, 5.41) is 3.67. The van der Waals surface area contributed by atoms with Gasteiger partial charge in [0.2, 0.25) is 0 Å². The second-order valence-electron chi connectivity index (χ2n) is 5.71. The predicted octanol–water partition coefficient (Wildman–Crippen LogP) is 0.807. The Morgan fingerprint density at radius 1 is 1.22 bits per heavy atom. The van der Waals surface area contributed by atoms with E-state index in [1.54, 1.807) is 0 Å². The second-order valence-corrected chi connectivity index (χ2v) is 5.71. The molecule has 0 atom stereocenters. The highest BCUT2D eigenvalue weighted by Crippen LogP contribution is 2.12. The minimum absolute atomic E-state index is 0.123. The number of rotatable bonds is 3. The normalized spacial score (nSPS) is 21.7. The standard InChI is InChI=1S/C14H24N4/c1-14(11-17(2)8-9-18(3)12-14)16-10-13-6-4-5-7-15-13/h4-7,16H,8-12H2,1-3H3.